The van der Waals surface area contributed by atoms with Gasteiger partial charge in [0.2, 0.25) is 118 Å². The predicted molar refractivity (Wildman–Crippen MR) is 541 cm³/mol. The van der Waals surface area contributed by atoms with Gasteiger partial charge >= 0.3 is 17.9 Å². The number of nitrogens with two attached hydrogens (primary N) is 4. The molecule has 33 N–H and O–H groups in total. The SMILES string of the molecule is CC[C@H](C)[C@H](NC(=O)[C@H](CCCCN)NC(=O)[C@@H](N)Cc1ccccc1)C(=O)N[C@@H](CO)C(=O)N[C@@H](CCC(=O)O)C(=O)N[C@@H](C)C(=O)N[C@@H](Cc1ccccc1)C(=O)NCC(=O)N[C@H](C(=O)N[C@@H](CC(C)C)C(=O)N[C@@H](CC(N)=O)C(=O)N1CCC[C@H]1C(=O)N[C@@H](CCC(=O)O)C(=O)NCC(=O)N[C@@H](CO)C(=O)N[C@@H](CC(C)C)C(=O)N[C@@H](C)C(=O)N[C@@H](CC(C)C)C(=O)N[C@@H](CCCNC(=N)N)C(=O)N[C@@H](C)C(=O)O)C(C)C. The molecule has 1 aliphatic rings. The summed E-state index contributed by atoms with van der Waals surface area (Å²) in [6, 6.07) is -10.1. The predicted octanol–water partition coefficient (Wildman–Crippen LogP) is -7.25. The van der Waals surface area contributed by atoms with Crippen molar-refractivity contribution in [3.8, 4) is 0 Å². The molecule has 836 valence electrons. The van der Waals surface area contributed by atoms with Crippen molar-refractivity contribution in [3.05, 3.63) is 71.8 Å². The molecule has 1 fully saturated rings. The minimum Gasteiger partial charge on any atom is -0.481 e. The zero-order chi connectivity index (χ0) is 113. The maximum atomic E-state index is 14.7. The molecular formula is C97H155N25O28. The van der Waals surface area contributed by atoms with Gasteiger partial charge in [0.15, 0.2) is 5.96 Å². The number of hydrogen-bond donors (Lipinski definition) is 29. The van der Waals surface area contributed by atoms with Gasteiger partial charge in [-0.3, -0.25) is 116 Å². The minimum atomic E-state index is -1.84. The minimum absolute atomic E-state index is 0.00612. The highest BCUT2D eigenvalue weighted by Crippen LogP contribution is 2.23. The van der Waals surface area contributed by atoms with Crippen LogP contribution in [0.5, 0.6) is 0 Å². The number of rotatable bonds is 69. The number of carboxylic acids is 3. The van der Waals surface area contributed by atoms with Crippen molar-refractivity contribution in [2.45, 2.75) is 314 Å². The number of unbranched alkanes of at least 4 members (excludes halogenated alkanes) is 1. The summed E-state index contributed by atoms with van der Waals surface area (Å²) in [6.45, 7) is 16.3. The molecule has 2 aromatic carbocycles. The number of carbonyl (C=O) groups is 23. The van der Waals surface area contributed by atoms with Crippen molar-refractivity contribution >= 4 is 142 Å². The second-order valence-corrected chi connectivity index (χ2v) is 38.6. The van der Waals surface area contributed by atoms with E-state index in [1.54, 1.807) is 116 Å². The van der Waals surface area contributed by atoms with E-state index in [0.29, 0.717) is 18.4 Å². The normalized spacial score (nSPS) is 15.8. The molecule has 20 amide bonds. The van der Waals surface area contributed by atoms with E-state index in [9.17, 15) is 136 Å². The van der Waals surface area contributed by atoms with Gasteiger partial charge in [-0.1, -0.05) is 136 Å². The van der Waals surface area contributed by atoms with Gasteiger partial charge in [-0.05, 0) is 152 Å². The molecule has 0 saturated carbocycles. The van der Waals surface area contributed by atoms with Crippen LogP contribution in [0.3, 0.4) is 0 Å². The Kier molecular flexibility index (Phi) is 57.5. The Balaban J connectivity index is 1.76. The van der Waals surface area contributed by atoms with E-state index in [1.165, 1.54) is 34.6 Å². The summed E-state index contributed by atoms with van der Waals surface area (Å²) in [4.78, 5) is 315. The third-order valence-corrected chi connectivity index (χ3v) is 24.0. The van der Waals surface area contributed by atoms with Crippen LogP contribution in [0.15, 0.2) is 60.7 Å². The summed E-state index contributed by atoms with van der Waals surface area (Å²) >= 11 is 0. The summed E-state index contributed by atoms with van der Waals surface area (Å²) in [5.74, 6) is -27.0. The lowest BCUT2D eigenvalue weighted by Gasteiger charge is -2.31. The third-order valence-electron chi connectivity index (χ3n) is 24.0. The highest BCUT2D eigenvalue weighted by Gasteiger charge is 2.44. The van der Waals surface area contributed by atoms with Crippen LogP contribution in [0.4, 0.5) is 0 Å². The van der Waals surface area contributed by atoms with Crippen molar-refractivity contribution in [2.75, 3.05) is 45.9 Å². The highest BCUT2D eigenvalue weighted by atomic mass is 16.4. The molecule has 0 aliphatic carbocycles. The number of carboxylic acid groups (broad SMARTS) is 3. The van der Waals surface area contributed by atoms with Crippen molar-refractivity contribution in [2.24, 2.45) is 52.5 Å². The summed E-state index contributed by atoms with van der Waals surface area (Å²) < 4.78 is 0. The Morgan fingerprint density at radius 1 is 0.393 bits per heavy atom. The first-order chi connectivity index (χ1) is 70.5. The highest BCUT2D eigenvalue weighted by molar-refractivity contribution is 6.03. The maximum absolute atomic E-state index is 14.7. The molecule has 150 heavy (non-hydrogen) atoms. The Labute approximate surface area is 869 Å². The van der Waals surface area contributed by atoms with Gasteiger partial charge in [-0.25, -0.2) is 0 Å². The van der Waals surface area contributed by atoms with E-state index < -0.39 is 321 Å². The Morgan fingerprint density at radius 2 is 0.773 bits per heavy atom. The van der Waals surface area contributed by atoms with Gasteiger partial charge in [0.05, 0.1) is 38.8 Å². The van der Waals surface area contributed by atoms with Crippen molar-refractivity contribution < 1.29 is 136 Å². The maximum Gasteiger partial charge on any atom is 0.325 e. The fourth-order valence-electron chi connectivity index (χ4n) is 15.5. The molecule has 0 bridgehead atoms. The van der Waals surface area contributed by atoms with Crippen LogP contribution in [0.2, 0.25) is 0 Å². The smallest absolute Gasteiger partial charge is 0.325 e. The van der Waals surface area contributed by atoms with Crippen LogP contribution in [0.1, 0.15) is 204 Å². The number of hydrogen-bond acceptors (Lipinski definition) is 28. The topological polar surface area (TPSA) is 854 Å². The molecule has 1 saturated heterocycles. The number of aliphatic hydroxyl groups excluding tert-OH is 2. The van der Waals surface area contributed by atoms with E-state index in [1.807, 2.05) is 0 Å². The van der Waals surface area contributed by atoms with E-state index in [2.05, 4.69) is 101 Å². The molecule has 2 aromatic rings. The van der Waals surface area contributed by atoms with Gasteiger partial charge in [-0.2, -0.15) is 0 Å². The van der Waals surface area contributed by atoms with Crippen LogP contribution in [-0.2, 0) is 123 Å². The van der Waals surface area contributed by atoms with Crippen LogP contribution in [0.25, 0.3) is 0 Å². The zero-order valence-corrected chi connectivity index (χ0v) is 87.1. The first-order valence-corrected chi connectivity index (χ1v) is 50.0. The fourth-order valence-corrected chi connectivity index (χ4v) is 15.5. The number of aliphatic hydroxyl groups is 2. The molecule has 0 radical (unpaired) electrons. The average Bonchev–Trinajstić information content (AvgIpc) is 1.66. The number of nitrogens with zero attached hydrogens (tertiary/aromatic N) is 1. The molecule has 53 heteroatoms. The van der Waals surface area contributed by atoms with Crippen molar-refractivity contribution in [1.82, 2.24) is 106 Å². The number of guanidine groups is 1. The van der Waals surface area contributed by atoms with E-state index in [-0.39, 0.29) is 108 Å². The standard InChI is InChI=1S/C97H155N25O28/c1-14-53(10)78(121-86(139)60(29-21-22-36-98)110-81(134)59(99)42-57-25-17-15-18-26-57)94(147)119-70(48-124)91(144)112-63(33-35-76(130)131)85(138)106-54(11)80(133)115-67(43-58-27-19-16-20-28-58)83(136)105-46-74(127)120-77(52(8)9)93(146)117-66(41-51(6)7)89(142)118-68(44-72(100)125)95(148)122-38-24-31-71(122)92(145)113-62(32-34-75(128)129)82(135)104-45-73(126)109-69(47-123)90(143)116-64(39-49(2)3)87(140)107-55(12)79(132)114-65(40-50(4)5)88(141)111-61(30-23-37-103-97(101)102)84(137)108-56(13)96(149)150/h15-20,25-28,49-56,59-71,77-78,123-124H,14,21-24,29-48,98-99H2,1-13H3,(H2,100,125)(H,104,135)(H,105,136)(H,106,138)(H,107,140)(H,108,137)(H,109,126)(H,110,134)(H,111,141)(H,112,144)(H,113,145)(H,114,132)(H,115,133)(H,116,143)(H,117,146)(H,118,142)(H,119,147)(H,120,127)(H,121,139)(H,128,129)(H,130,131)(H,149,150)(H4,101,102,103)/t53-,54-,55-,56-,59-,60-,61-,62-,63-,64-,65-,66-,67-,68-,69-,70-,71-,77-,78-/m0/s1. The number of aliphatic carboxylic acids is 3. The van der Waals surface area contributed by atoms with Crippen LogP contribution >= 0.6 is 0 Å². The van der Waals surface area contributed by atoms with E-state index >= 15 is 0 Å². The van der Waals surface area contributed by atoms with Crippen molar-refractivity contribution in [3.63, 3.8) is 0 Å². The van der Waals surface area contributed by atoms with Gasteiger partial charge < -0.3 is 154 Å². The molecule has 3 rings (SSSR count). The summed E-state index contributed by atoms with van der Waals surface area (Å²) in [7, 11) is 0. The van der Waals surface area contributed by atoms with E-state index in [0.717, 1.165) is 10.5 Å². The van der Waals surface area contributed by atoms with Crippen LogP contribution in [0, 0.1) is 35.0 Å². The first kappa shape index (κ1) is 130. The van der Waals surface area contributed by atoms with Gasteiger partial charge in [0.1, 0.15) is 103 Å². The second kappa shape index (κ2) is 66.6. The van der Waals surface area contributed by atoms with Crippen LogP contribution < -0.4 is 124 Å². The number of carbonyl (C=O) groups excluding carboxylic acids is 20. The molecule has 1 aliphatic heterocycles. The van der Waals surface area contributed by atoms with Gasteiger partial charge in [-0.15, -0.1) is 0 Å². The quantitative estimate of drug-likeness (QED) is 0.0166. The first-order valence-electron chi connectivity index (χ1n) is 50.0. The lowest BCUT2D eigenvalue weighted by Crippen LogP contribution is -2.61. The van der Waals surface area contributed by atoms with E-state index in [4.69, 9.17) is 28.3 Å². The van der Waals surface area contributed by atoms with Gasteiger partial charge in [0.25, 0.3) is 0 Å². The molecule has 0 spiro atoms. The lowest BCUT2D eigenvalue weighted by molar-refractivity contribution is -0.143. The molecule has 53 nitrogen and oxygen atoms in total. The molecule has 0 aromatic heterocycles. The number of primary amides is 1. The number of amides is 20. The fraction of sp³-hybridized carbons (Fsp3) is 0.629. The summed E-state index contributed by atoms with van der Waals surface area (Å²) in [5.41, 5.74) is 24.2. The van der Waals surface area contributed by atoms with Crippen molar-refractivity contribution in [1.29, 1.82) is 5.41 Å². The number of likely N-dealkylation sites (tertiary alicyclic amines) is 1. The summed E-state index contributed by atoms with van der Waals surface area (Å²) in [6.07, 6.45) is -2.62. The monoisotopic (exact) mass is 2120 g/mol. The molecular weight excluding hydrogens is 1960 g/mol. The lowest BCUT2D eigenvalue weighted by atomic mass is 9.97. The second-order valence-electron chi connectivity index (χ2n) is 38.6. The van der Waals surface area contributed by atoms with Gasteiger partial charge in [0, 0.05) is 32.4 Å². The van der Waals surface area contributed by atoms with Crippen LogP contribution in [-0.4, -0.2) is 327 Å². The Morgan fingerprint density at radius 3 is 1.23 bits per heavy atom. The number of benzene rings is 2. The molecule has 0 unspecified atom stereocenters. The zero-order valence-electron chi connectivity index (χ0n) is 87.1. The largest absolute Gasteiger partial charge is 0.481 e. The average molecular weight is 2120 g/mol. The number of nitrogens with one attached hydrogen (secondary N) is 20. The Hall–Kier alpha value is -14.6. The summed E-state index contributed by atoms with van der Waals surface area (Å²) in [5, 5.41) is 104. The third kappa shape index (κ3) is 47.7. The molecule has 1 heterocycles. The Bertz CT molecular complexity index is 4920. The molecule has 19 atom stereocenters.